The molecule has 0 saturated carbocycles. The lowest BCUT2D eigenvalue weighted by atomic mass is 9.84. The van der Waals surface area contributed by atoms with Gasteiger partial charge in [-0.15, -0.1) is 12.4 Å². The number of carbonyl (C=O) groups excluding carboxylic acids is 1. The van der Waals surface area contributed by atoms with Crippen LogP contribution in [0.3, 0.4) is 0 Å². The molecular formula is C16H23ClF2N2O. The molecule has 6 heteroatoms. The van der Waals surface area contributed by atoms with E-state index >= 15 is 0 Å². The Morgan fingerprint density at radius 2 is 1.95 bits per heavy atom. The number of hydrogen-bond donors (Lipinski definition) is 2. The number of benzene rings is 1. The van der Waals surface area contributed by atoms with Crippen LogP contribution < -0.4 is 10.6 Å². The van der Waals surface area contributed by atoms with Crippen molar-refractivity contribution in [2.75, 3.05) is 13.1 Å². The zero-order valence-corrected chi connectivity index (χ0v) is 13.9. The van der Waals surface area contributed by atoms with Gasteiger partial charge in [0.25, 0.3) is 5.92 Å². The lowest BCUT2D eigenvalue weighted by molar-refractivity contribution is -0.123. The molecule has 124 valence electrons. The molecule has 0 bridgehead atoms. The Balaban J connectivity index is 0.00000242. The van der Waals surface area contributed by atoms with E-state index in [4.69, 9.17) is 0 Å². The van der Waals surface area contributed by atoms with Gasteiger partial charge in [0.05, 0.1) is 12.6 Å². The van der Waals surface area contributed by atoms with Crippen molar-refractivity contribution in [2.24, 2.45) is 0 Å². The topological polar surface area (TPSA) is 41.1 Å². The van der Waals surface area contributed by atoms with Gasteiger partial charge < -0.3 is 5.32 Å². The molecule has 3 nitrogen and oxygen atoms in total. The lowest BCUT2D eigenvalue weighted by Gasteiger charge is -2.26. The molecule has 0 aliphatic carbocycles. The van der Waals surface area contributed by atoms with Crippen LogP contribution in [0.2, 0.25) is 0 Å². The highest BCUT2D eigenvalue weighted by Gasteiger charge is 2.42. The number of amides is 1. The molecule has 22 heavy (non-hydrogen) atoms. The predicted octanol–water partition coefficient (Wildman–Crippen LogP) is 2.81. The number of nitrogens with one attached hydrogen (secondary N) is 2. The van der Waals surface area contributed by atoms with Gasteiger partial charge in [-0.05, 0) is 12.5 Å². The summed E-state index contributed by atoms with van der Waals surface area (Å²) in [5, 5.41) is 5.35. The average molecular weight is 333 g/mol. The number of alkyl halides is 2. The van der Waals surface area contributed by atoms with E-state index in [0.29, 0.717) is 6.54 Å². The highest BCUT2D eigenvalue weighted by atomic mass is 35.5. The van der Waals surface area contributed by atoms with Crippen LogP contribution in [0.5, 0.6) is 0 Å². The minimum atomic E-state index is -2.78. The van der Waals surface area contributed by atoms with Crippen molar-refractivity contribution in [3.05, 3.63) is 35.4 Å². The van der Waals surface area contributed by atoms with Crippen molar-refractivity contribution < 1.29 is 13.6 Å². The Bertz CT molecular complexity index is 517. The summed E-state index contributed by atoms with van der Waals surface area (Å²) < 4.78 is 26.2. The summed E-state index contributed by atoms with van der Waals surface area (Å²) in [4.78, 5) is 12.0. The molecule has 1 aliphatic rings. The van der Waals surface area contributed by atoms with Crippen molar-refractivity contribution in [1.82, 2.24) is 10.6 Å². The van der Waals surface area contributed by atoms with Crippen LogP contribution in [0.25, 0.3) is 0 Å². The maximum absolute atomic E-state index is 13.1. The molecule has 1 heterocycles. The minimum Gasteiger partial charge on any atom is -0.354 e. The normalized spacial score (nSPS) is 20.3. The van der Waals surface area contributed by atoms with E-state index in [1.165, 1.54) is 5.56 Å². The van der Waals surface area contributed by atoms with Gasteiger partial charge in [-0.1, -0.05) is 43.7 Å². The average Bonchev–Trinajstić information content (AvgIpc) is 2.77. The molecule has 1 saturated heterocycles. The van der Waals surface area contributed by atoms with E-state index in [-0.39, 0.29) is 23.7 Å². The first-order chi connectivity index (χ1) is 9.70. The lowest BCUT2D eigenvalue weighted by Crippen LogP contribution is -2.45. The minimum absolute atomic E-state index is 0. The molecule has 1 atom stereocenters. The van der Waals surface area contributed by atoms with E-state index in [1.807, 2.05) is 45.0 Å². The SMILES string of the molecule is Cc1ccc(C(C)(C)CNC(=O)C2CC(F)(F)CN2)cc1.Cl. The van der Waals surface area contributed by atoms with E-state index in [9.17, 15) is 13.6 Å². The first-order valence-corrected chi connectivity index (χ1v) is 7.16. The summed E-state index contributed by atoms with van der Waals surface area (Å²) in [5.41, 5.74) is 2.04. The summed E-state index contributed by atoms with van der Waals surface area (Å²) in [5.74, 6) is -3.14. The molecule has 1 unspecified atom stereocenters. The van der Waals surface area contributed by atoms with Crippen molar-refractivity contribution in [3.8, 4) is 0 Å². The Hall–Kier alpha value is -1.20. The van der Waals surface area contributed by atoms with Gasteiger partial charge in [0.1, 0.15) is 0 Å². The maximum atomic E-state index is 13.1. The zero-order chi connectivity index (χ0) is 15.7. The molecular weight excluding hydrogens is 310 g/mol. The van der Waals surface area contributed by atoms with Gasteiger partial charge in [0, 0.05) is 18.4 Å². The molecule has 0 spiro atoms. The van der Waals surface area contributed by atoms with Crippen molar-refractivity contribution >= 4 is 18.3 Å². The summed E-state index contributed by atoms with van der Waals surface area (Å²) in [6, 6.07) is 7.32. The first-order valence-electron chi connectivity index (χ1n) is 7.16. The van der Waals surface area contributed by atoms with Crippen LogP contribution in [0.1, 0.15) is 31.4 Å². The van der Waals surface area contributed by atoms with Crippen LogP contribution in [0, 0.1) is 6.92 Å². The molecule has 1 fully saturated rings. The second kappa shape index (κ2) is 6.92. The van der Waals surface area contributed by atoms with Gasteiger partial charge in [-0.2, -0.15) is 0 Å². The fourth-order valence-electron chi connectivity index (χ4n) is 2.44. The molecule has 1 amide bonds. The van der Waals surface area contributed by atoms with Crippen molar-refractivity contribution in [1.29, 1.82) is 0 Å². The number of hydrogen-bond acceptors (Lipinski definition) is 2. The molecule has 0 radical (unpaired) electrons. The Labute approximate surface area is 136 Å². The van der Waals surface area contributed by atoms with Gasteiger partial charge in [-0.3, -0.25) is 10.1 Å². The largest absolute Gasteiger partial charge is 0.354 e. The number of carbonyl (C=O) groups is 1. The van der Waals surface area contributed by atoms with Crippen LogP contribution in [-0.2, 0) is 10.2 Å². The standard InChI is InChI=1S/C16H22F2N2O.ClH/c1-11-4-6-12(7-5-11)15(2,3)9-20-14(21)13-8-16(17,18)10-19-13;/h4-7,13,19H,8-10H2,1-3H3,(H,20,21);1H. The van der Waals surface area contributed by atoms with Crippen LogP contribution in [-0.4, -0.2) is 31.0 Å². The third-order valence-electron chi connectivity index (χ3n) is 3.96. The zero-order valence-electron chi connectivity index (χ0n) is 13.1. The van der Waals surface area contributed by atoms with Gasteiger partial charge in [0.2, 0.25) is 5.91 Å². The second-order valence-electron chi connectivity index (χ2n) is 6.46. The Morgan fingerprint density at radius 3 is 2.45 bits per heavy atom. The van der Waals surface area contributed by atoms with Crippen molar-refractivity contribution in [2.45, 2.75) is 44.6 Å². The highest BCUT2D eigenvalue weighted by molar-refractivity contribution is 5.85. The Morgan fingerprint density at radius 1 is 1.36 bits per heavy atom. The number of halogens is 3. The van der Waals surface area contributed by atoms with Crippen LogP contribution >= 0.6 is 12.4 Å². The summed E-state index contributed by atoms with van der Waals surface area (Å²) in [7, 11) is 0. The van der Waals surface area contributed by atoms with E-state index in [1.54, 1.807) is 0 Å². The van der Waals surface area contributed by atoms with Crippen LogP contribution in [0.15, 0.2) is 24.3 Å². The maximum Gasteiger partial charge on any atom is 0.262 e. The second-order valence-corrected chi connectivity index (χ2v) is 6.46. The summed E-state index contributed by atoms with van der Waals surface area (Å²) >= 11 is 0. The molecule has 1 aromatic carbocycles. The number of rotatable bonds is 4. The Kier molecular flexibility index (Phi) is 5.93. The predicted molar refractivity (Wildman–Crippen MR) is 85.8 cm³/mol. The third kappa shape index (κ3) is 4.65. The molecule has 2 N–H and O–H groups in total. The van der Waals surface area contributed by atoms with E-state index in [2.05, 4.69) is 10.6 Å². The highest BCUT2D eigenvalue weighted by Crippen LogP contribution is 2.26. The molecule has 2 rings (SSSR count). The van der Waals surface area contributed by atoms with Gasteiger partial charge in [0.15, 0.2) is 0 Å². The quantitative estimate of drug-likeness (QED) is 0.890. The van der Waals surface area contributed by atoms with Crippen molar-refractivity contribution in [3.63, 3.8) is 0 Å². The van der Waals surface area contributed by atoms with E-state index < -0.39 is 24.9 Å². The fraction of sp³-hybridized carbons (Fsp3) is 0.562. The van der Waals surface area contributed by atoms with Gasteiger partial charge in [-0.25, -0.2) is 8.78 Å². The van der Waals surface area contributed by atoms with Gasteiger partial charge >= 0.3 is 0 Å². The summed E-state index contributed by atoms with van der Waals surface area (Å²) in [6.45, 7) is 6.05. The third-order valence-corrected chi connectivity index (χ3v) is 3.96. The van der Waals surface area contributed by atoms with E-state index in [0.717, 1.165) is 5.56 Å². The monoisotopic (exact) mass is 332 g/mol. The first kappa shape index (κ1) is 18.8. The molecule has 1 aliphatic heterocycles. The summed E-state index contributed by atoms with van der Waals surface area (Å²) in [6.07, 6.45) is -0.427. The van der Waals surface area contributed by atoms with Crippen LogP contribution in [0.4, 0.5) is 8.78 Å². The fourth-order valence-corrected chi connectivity index (χ4v) is 2.44. The molecule has 0 aromatic heterocycles. The molecule has 1 aromatic rings. The smallest absolute Gasteiger partial charge is 0.262 e. The number of aryl methyl sites for hydroxylation is 1.